The second kappa shape index (κ2) is 3.22. The summed E-state index contributed by atoms with van der Waals surface area (Å²) in [7, 11) is 0. The average Bonchev–Trinajstić information content (AvgIpc) is 2.13. The van der Waals surface area contributed by atoms with Crippen LogP contribution in [0.1, 0.15) is 16.1 Å². The number of hydrogen-bond acceptors (Lipinski definition) is 3. The fourth-order valence-electron chi connectivity index (χ4n) is 0.504. The standard InChI is InChI=1S/C5H5NO3.ClH/c1-3-4(5(7)8)2-6-9-3;/h2H,1H3,(H,7,8);1H. The monoisotopic (exact) mass is 163 g/mol. The van der Waals surface area contributed by atoms with E-state index in [1.807, 2.05) is 0 Å². The predicted molar refractivity (Wildman–Crippen MR) is 35.4 cm³/mol. The first-order chi connectivity index (χ1) is 4.22. The van der Waals surface area contributed by atoms with Crippen LogP contribution in [0.2, 0.25) is 0 Å². The molecule has 0 saturated heterocycles. The lowest BCUT2D eigenvalue weighted by molar-refractivity contribution is 0.0695. The van der Waals surface area contributed by atoms with Gasteiger partial charge in [-0.15, -0.1) is 12.4 Å². The maximum Gasteiger partial charge on any atom is 0.340 e. The highest BCUT2D eigenvalue weighted by Gasteiger charge is 2.09. The van der Waals surface area contributed by atoms with Crippen molar-refractivity contribution in [1.82, 2.24) is 5.16 Å². The lowest BCUT2D eigenvalue weighted by atomic mass is 10.3. The summed E-state index contributed by atoms with van der Waals surface area (Å²) in [5.74, 6) is -0.670. The number of rotatable bonds is 1. The molecule has 0 aromatic carbocycles. The molecule has 0 aliphatic rings. The van der Waals surface area contributed by atoms with E-state index in [9.17, 15) is 4.79 Å². The fraction of sp³-hybridized carbons (Fsp3) is 0.200. The van der Waals surface area contributed by atoms with Crippen LogP contribution in [0.25, 0.3) is 0 Å². The number of aromatic nitrogens is 1. The smallest absolute Gasteiger partial charge is 0.340 e. The number of nitrogens with zero attached hydrogens (tertiary/aromatic N) is 1. The van der Waals surface area contributed by atoms with E-state index in [4.69, 9.17) is 5.11 Å². The number of carboxylic acid groups (broad SMARTS) is 1. The molecule has 1 aromatic heterocycles. The highest BCUT2D eigenvalue weighted by molar-refractivity contribution is 5.88. The maximum absolute atomic E-state index is 10.2. The van der Waals surface area contributed by atoms with Crippen molar-refractivity contribution in [3.05, 3.63) is 17.5 Å². The molecule has 1 heterocycles. The molecular weight excluding hydrogens is 158 g/mol. The van der Waals surface area contributed by atoms with Crippen molar-refractivity contribution >= 4 is 18.4 Å². The second-order valence-corrected chi connectivity index (χ2v) is 1.60. The lowest BCUT2D eigenvalue weighted by Gasteiger charge is -1.82. The normalized spacial score (nSPS) is 8.50. The molecule has 0 atom stereocenters. The molecule has 0 aliphatic heterocycles. The van der Waals surface area contributed by atoms with Gasteiger partial charge in [0, 0.05) is 0 Å². The van der Waals surface area contributed by atoms with Gasteiger partial charge in [0.1, 0.15) is 11.3 Å². The molecule has 4 nitrogen and oxygen atoms in total. The zero-order chi connectivity index (χ0) is 6.85. The van der Waals surface area contributed by atoms with Gasteiger partial charge >= 0.3 is 5.97 Å². The third kappa shape index (κ3) is 1.48. The fourth-order valence-corrected chi connectivity index (χ4v) is 0.504. The highest BCUT2D eigenvalue weighted by atomic mass is 35.5. The molecule has 0 radical (unpaired) electrons. The van der Waals surface area contributed by atoms with E-state index < -0.39 is 5.97 Å². The summed E-state index contributed by atoms with van der Waals surface area (Å²) in [6, 6.07) is 0. The molecule has 0 spiro atoms. The van der Waals surface area contributed by atoms with Gasteiger partial charge in [-0.2, -0.15) is 0 Å². The van der Waals surface area contributed by atoms with Crippen LogP contribution in [0.4, 0.5) is 0 Å². The van der Waals surface area contributed by atoms with Gasteiger partial charge in [0.05, 0.1) is 6.20 Å². The van der Waals surface area contributed by atoms with Crippen LogP contribution in [-0.4, -0.2) is 16.2 Å². The van der Waals surface area contributed by atoms with Gasteiger partial charge in [0.15, 0.2) is 0 Å². The van der Waals surface area contributed by atoms with Crippen LogP contribution in [0, 0.1) is 6.92 Å². The summed E-state index contributed by atoms with van der Waals surface area (Å²) < 4.78 is 4.49. The zero-order valence-electron chi connectivity index (χ0n) is 5.20. The van der Waals surface area contributed by atoms with Crippen molar-refractivity contribution in [2.75, 3.05) is 0 Å². The van der Waals surface area contributed by atoms with Gasteiger partial charge in [-0.1, -0.05) is 5.16 Å². The second-order valence-electron chi connectivity index (χ2n) is 1.60. The van der Waals surface area contributed by atoms with Crippen LogP contribution < -0.4 is 0 Å². The third-order valence-electron chi connectivity index (χ3n) is 0.981. The van der Waals surface area contributed by atoms with Crippen molar-refractivity contribution < 1.29 is 14.4 Å². The van der Waals surface area contributed by atoms with Crippen LogP contribution in [0.5, 0.6) is 0 Å². The molecule has 0 saturated carbocycles. The zero-order valence-corrected chi connectivity index (χ0v) is 6.01. The van der Waals surface area contributed by atoms with Crippen LogP contribution >= 0.6 is 12.4 Å². The summed E-state index contributed by atoms with van der Waals surface area (Å²) in [5, 5.41) is 11.6. The first-order valence-electron chi connectivity index (χ1n) is 2.36. The Bertz CT molecular complexity index is 233. The maximum atomic E-state index is 10.2. The van der Waals surface area contributed by atoms with Crippen molar-refractivity contribution in [3.63, 3.8) is 0 Å². The molecule has 5 heteroatoms. The minimum Gasteiger partial charge on any atom is -0.478 e. The molecule has 0 aliphatic carbocycles. The Hall–Kier alpha value is -1.03. The van der Waals surface area contributed by atoms with E-state index in [1.54, 1.807) is 6.92 Å². The first kappa shape index (κ1) is 8.97. The topological polar surface area (TPSA) is 63.3 Å². The third-order valence-corrected chi connectivity index (χ3v) is 0.981. The Labute approximate surface area is 63.2 Å². The molecule has 10 heavy (non-hydrogen) atoms. The Balaban J connectivity index is 0.000000810. The number of aryl methyl sites for hydroxylation is 1. The Morgan fingerprint density at radius 2 is 2.40 bits per heavy atom. The van der Waals surface area contributed by atoms with E-state index in [0.717, 1.165) is 0 Å². The SMILES string of the molecule is Cc1oncc1C(=O)O.Cl. The molecule has 1 N–H and O–H groups in total. The molecule has 0 unspecified atom stereocenters. The summed E-state index contributed by atoms with van der Waals surface area (Å²) in [5.41, 5.74) is 0.120. The lowest BCUT2D eigenvalue weighted by Crippen LogP contribution is -1.94. The Morgan fingerprint density at radius 1 is 1.80 bits per heavy atom. The van der Waals surface area contributed by atoms with Gasteiger partial charge in [-0.25, -0.2) is 4.79 Å². The Morgan fingerprint density at radius 3 is 2.60 bits per heavy atom. The van der Waals surface area contributed by atoms with Crippen molar-refractivity contribution in [1.29, 1.82) is 0 Å². The average molecular weight is 164 g/mol. The van der Waals surface area contributed by atoms with E-state index in [1.165, 1.54) is 6.20 Å². The van der Waals surface area contributed by atoms with Crippen molar-refractivity contribution in [2.24, 2.45) is 0 Å². The molecule has 1 aromatic rings. The molecule has 0 fully saturated rings. The number of halogens is 1. The summed E-state index contributed by atoms with van der Waals surface area (Å²) in [6.45, 7) is 1.55. The summed E-state index contributed by atoms with van der Waals surface area (Å²) in [6.07, 6.45) is 1.18. The number of aromatic carboxylic acids is 1. The van der Waals surface area contributed by atoms with E-state index in [2.05, 4.69) is 9.68 Å². The van der Waals surface area contributed by atoms with Gasteiger partial charge in [-0.3, -0.25) is 0 Å². The molecular formula is C5H6ClNO3. The predicted octanol–water partition coefficient (Wildman–Crippen LogP) is 1.10. The van der Waals surface area contributed by atoms with Gasteiger partial charge in [-0.05, 0) is 6.92 Å². The number of carbonyl (C=O) groups is 1. The van der Waals surface area contributed by atoms with E-state index >= 15 is 0 Å². The van der Waals surface area contributed by atoms with Crippen molar-refractivity contribution in [3.8, 4) is 0 Å². The first-order valence-corrected chi connectivity index (χ1v) is 2.36. The van der Waals surface area contributed by atoms with Gasteiger partial charge < -0.3 is 9.63 Å². The quantitative estimate of drug-likeness (QED) is 0.674. The molecule has 56 valence electrons. The van der Waals surface area contributed by atoms with E-state index in [0.29, 0.717) is 5.76 Å². The van der Waals surface area contributed by atoms with Crippen LogP contribution in [0.3, 0.4) is 0 Å². The van der Waals surface area contributed by atoms with Crippen LogP contribution in [0.15, 0.2) is 10.7 Å². The number of carboxylic acids is 1. The van der Waals surface area contributed by atoms with Crippen molar-refractivity contribution in [2.45, 2.75) is 6.92 Å². The summed E-state index contributed by atoms with van der Waals surface area (Å²) in [4.78, 5) is 10.2. The molecule has 0 amide bonds. The Kier molecular flexibility index (Phi) is 2.89. The molecule has 0 bridgehead atoms. The minimum atomic E-state index is -1.01. The highest BCUT2D eigenvalue weighted by Crippen LogP contribution is 2.03. The molecule has 1 rings (SSSR count). The summed E-state index contributed by atoms with van der Waals surface area (Å²) >= 11 is 0. The van der Waals surface area contributed by atoms with Crippen LogP contribution in [-0.2, 0) is 0 Å². The number of hydrogen-bond donors (Lipinski definition) is 1. The largest absolute Gasteiger partial charge is 0.478 e. The van der Waals surface area contributed by atoms with E-state index in [-0.39, 0.29) is 18.0 Å². The van der Waals surface area contributed by atoms with Gasteiger partial charge in [0.25, 0.3) is 0 Å². The minimum absolute atomic E-state index is 0. The van der Waals surface area contributed by atoms with Gasteiger partial charge in [0.2, 0.25) is 0 Å².